The maximum atomic E-state index is 12.4. The van der Waals surface area contributed by atoms with Crippen LogP contribution in [0.4, 0.5) is 5.82 Å². The third-order valence-electron chi connectivity index (χ3n) is 4.73. The molecule has 2 fully saturated rings. The molecule has 4 rings (SSSR count). The van der Waals surface area contributed by atoms with Crippen molar-refractivity contribution in [3.05, 3.63) is 35.2 Å². The summed E-state index contributed by atoms with van der Waals surface area (Å²) in [4.78, 5) is 27.6. The summed E-state index contributed by atoms with van der Waals surface area (Å²) < 4.78 is 5.66. The van der Waals surface area contributed by atoms with Crippen molar-refractivity contribution in [2.45, 2.75) is 44.3 Å². The second-order valence-electron chi connectivity index (χ2n) is 6.67. The zero-order valence-corrected chi connectivity index (χ0v) is 15.1. The van der Waals surface area contributed by atoms with Crippen molar-refractivity contribution >= 4 is 29.0 Å². The molecule has 8 heteroatoms. The molecule has 0 unspecified atom stereocenters. The first-order valence-corrected chi connectivity index (χ1v) is 9.53. The van der Waals surface area contributed by atoms with E-state index < -0.39 is 0 Å². The van der Waals surface area contributed by atoms with Crippen LogP contribution in [0.2, 0.25) is 0 Å². The van der Waals surface area contributed by atoms with Crippen molar-refractivity contribution in [3.8, 4) is 10.9 Å². The van der Waals surface area contributed by atoms with Gasteiger partial charge < -0.3 is 20.7 Å². The van der Waals surface area contributed by atoms with Crippen LogP contribution in [0.3, 0.4) is 0 Å². The van der Waals surface area contributed by atoms with Crippen molar-refractivity contribution in [2.24, 2.45) is 0 Å². The molecule has 1 aromatic heterocycles. The Morgan fingerprint density at radius 3 is 2.73 bits per heavy atom. The van der Waals surface area contributed by atoms with E-state index in [-0.39, 0.29) is 17.9 Å². The normalized spacial score (nSPS) is 23.7. The lowest BCUT2D eigenvalue weighted by atomic mass is 9.95. The van der Waals surface area contributed by atoms with Gasteiger partial charge in [0.25, 0.3) is 11.1 Å². The van der Waals surface area contributed by atoms with Gasteiger partial charge in [-0.3, -0.25) is 9.59 Å². The minimum Gasteiger partial charge on any atom is -0.431 e. The quantitative estimate of drug-likeness (QED) is 0.750. The Kier molecular flexibility index (Phi) is 4.60. The average Bonchev–Trinajstić information content (AvgIpc) is 3.32. The van der Waals surface area contributed by atoms with Crippen molar-refractivity contribution in [1.82, 2.24) is 15.6 Å². The van der Waals surface area contributed by atoms with Gasteiger partial charge in [0.1, 0.15) is 11.6 Å². The smallest absolute Gasteiger partial charge is 0.280 e. The van der Waals surface area contributed by atoms with E-state index in [1.165, 1.54) is 24.7 Å². The number of rotatable bonds is 5. The number of hydrogen-bond acceptors (Lipinski definition) is 6. The van der Waals surface area contributed by atoms with E-state index in [2.05, 4.69) is 20.9 Å². The first-order valence-electron chi connectivity index (χ1n) is 8.65. The van der Waals surface area contributed by atoms with Crippen LogP contribution in [0, 0.1) is 0 Å². The maximum Gasteiger partial charge on any atom is 0.280 e. The molecule has 2 amide bonds. The molecule has 3 atom stereocenters. The van der Waals surface area contributed by atoms with E-state index in [1.807, 2.05) is 0 Å². The molecule has 2 aliphatic rings. The first kappa shape index (κ1) is 17.0. The molecule has 2 saturated heterocycles. The highest BCUT2D eigenvalue weighted by atomic mass is 32.1. The van der Waals surface area contributed by atoms with E-state index in [0.29, 0.717) is 34.4 Å². The summed E-state index contributed by atoms with van der Waals surface area (Å²) >= 11 is 1.29. The van der Waals surface area contributed by atoms with Gasteiger partial charge in [-0.15, -0.1) is 0 Å². The summed E-state index contributed by atoms with van der Waals surface area (Å²) in [5.41, 5.74) is 0.609. The Balaban J connectivity index is 1.35. The summed E-state index contributed by atoms with van der Waals surface area (Å²) in [5, 5.41) is 11.4. The third-order valence-corrected chi connectivity index (χ3v) is 5.44. The molecule has 0 saturated carbocycles. The number of carbonyl (C=O) groups excluding carboxylic acids is 2. The number of fused-ring (bicyclic) bond motifs is 2. The Morgan fingerprint density at radius 2 is 2.08 bits per heavy atom. The van der Waals surface area contributed by atoms with E-state index in [0.717, 1.165) is 12.8 Å². The number of thiazole rings is 1. The molecule has 0 radical (unpaired) electrons. The van der Waals surface area contributed by atoms with Gasteiger partial charge in [-0.2, -0.15) is 4.98 Å². The highest BCUT2D eigenvalue weighted by molar-refractivity contribution is 7.11. The van der Waals surface area contributed by atoms with E-state index in [4.69, 9.17) is 4.74 Å². The topological polar surface area (TPSA) is 92.3 Å². The number of aromatic nitrogens is 1. The molecular formula is C18H20N4O3S. The highest BCUT2D eigenvalue weighted by Gasteiger charge is 2.39. The molecule has 2 bridgehead atoms. The molecule has 136 valence electrons. The molecule has 3 heterocycles. The first-order chi connectivity index (χ1) is 12.6. The Hall–Kier alpha value is -2.45. The molecule has 2 aliphatic heterocycles. The highest BCUT2D eigenvalue weighted by Crippen LogP contribution is 2.29. The van der Waals surface area contributed by atoms with Gasteiger partial charge >= 0.3 is 0 Å². The SMILES string of the molecule is CC(=O)Nc1csc(Oc2ccc(C(=O)N[C@@H]3C[C@H]4CC[C@@H]3N4)cc2)n1. The van der Waals surface area contributed by atoms with Crippen molar-refractivity contribution in [1.29, 1.82) is 0 Å². The van der Waals surface area contributed by atoms with Crippen molar-refractivity contribution in [2.75, 3.05) is 5.32 Å². The summed E-state index contributed by atoms with van der Waals surface area (Å²) in [6.45, 7) is 1.43. The number of nitrogens with zero attached hydrogens (tertiary/aromatic N) is 1. The second kappa shape index (κ2) is 7.05. The van der Waals surface area contributed by atoms with E-state index >= 15 is 0 Å². The van der Waals surface area contributed by atoms with Gasteiger partial charge in [-0.25, -0.2) is 0 Å². The Morgan fingerprint density at radius 1 is 1.27 bits per heavy atom. The number of benzene rings is 1. The second-order valence-corrected chi connectivity index (χ2v) is 7.49. The lowest BCUT2D eigenvalue weighted by molar-refractivity contribution is -0.114. The maximum absolute atomic E-state index is 12.4. The van der Waals surface area contributed by atoms with Crippen molar-refractivity contribution in [3.63, 3.8) is 0 Å². The number of carbonyl (C=O) groups is 2. The zero-order chi connectivity index (χ0) is 18.1. The van der Waals surface area contributed by atoms with Gasteiger partial charge in [-0.05, 0) is 43.5 Å². The fraction of sp³-hybridized carbons (Fsp3) is 0.389. The lowest BCUT2D eigenvalue weighted by Gasteiger charge is -2.21. The van der Waals surface area contributed by atoms with Crippen LogP contribution in [0.5, 0.6) is 10.9 Å². The van der Waals surface area contributed by atoms with Gasteiger partial charge in [-0.1, -0.05) is 11.3 Å². The largest absolute Gasteiger partial charge is 0.431 e. The number of nitrogens with one attached hydrogen (secondary N) is 3. The average molecular weight is 372 g/mol. The standard InChI is InChI=1S/C18H20N4O3S/c1-10(23)19-16-9-26-18(22-16)25-13-5-2-11(3-6-13)17(24)21-15-8-12-4-7-14(15)20-12/h2-3,5-6,9,12,14-15,20H,4,7-8H2,1H3,(H,19,23)(H,21,24)/t12-,14+,15-/m1/s1. The van der Waals surface area contributed by atoms with Gasteiger partial charge in [0, 0.05) is 36.0 Å². The molecule has 1 aromatic carbocycles. The predicted octanol–water partition coefficient (Wildman–Crippen LogP) is 2.52. The number of anilines is 1. The van der Waals surface area contributed by atoms with Gasteiger partial charge in [0.05, 0.1) is 0 Å². The summed E-state index contributed by atoms with van der Waals surface area (Å²) in [6, 6.07) is 8.16. The van der Waals surface area contributed by atoms with E-state index in [1.54, 1.807) is 29.6 Å². The lowest BCUT2D eigenvalue weighted by Crippen LogP contribution is -2.42. The fourth-order valence-electron chi connectivity index (χ4n) is 3.55. The number of amides is 2. The van der Waals surface area contributed by atoms with Crippen LogP contribution < -0.4 is 20.7 Å². The molecular weight excluding hydrogens is 352 g/mol. The zero-order valence-electron chi connectivity index (χ0n) is 14.3. The third kappa shape index (κ3) is 3.71. The predicted molar refractivity (Wildman–Crippen MR) is 98.8 cm³/mol. The van der Waals surface area contributed by atoms with E-state index in [9.17, 15) is 9.59 Å². The summed E-state index contributed by atoms with van der Waals surface area (Å²) in [5.74, 6) is 0.820. The summed E-state index contributed by atoms with van der Waals surface area (Å²) in [7, 11) is 0. The molecule has 0 aliphatic carbocycles. The van der Waals surface area contributed by atoms with Crippen LogP contribution in [0.25, 0.3) is 0 Å². The van der Waals surface area contributed by atoms with Crippen LogP contribution >= 0.6 is 11.3 Å². The van der Waals surface area contributed by atoms with Crippen LogP contribution in [0.1, 0.15) is 36.5 Å². The van der Waals surface area contributed by atoms with Crippen LogP contribution in [-0.2, 0) is 4.79 Å². The molecule has 7 nitrogen and oxygen atoms in total. The fourth-order valence-corrected chi connectivity index (χ4v) is 4.17. The monoisotopic (exact) mass is 372 g/mol. The summed E-state index contributed by atoms with van der Waals surface area (Å²) in [6.07, 6.45) is 3.36. The molecule has 3 N–H and O–H groups in total. The minimum atomic E-state index is -0.178. The Bertz CT molecular complexity index is 820. The Labute approximate surface area is 155 Å². The van der Waals surface area contributed by atoms with Crippen LogP contribution in [0.15, 0.2) is 29.6 Å². The van der Waals surface area contributed by atoms with Gasteiger partial charge in [0.15, 0.2) is 0 Å². The van der Waals surface area contributed by atoms with Crippen LogP contribution in [-0.4, -0.2) is 34.9 Å². The molecule has 0 spiro atoms. The number of hydrogen-bond donors (Lipinski definition) is 3. The molecule has 2 aromatic rings. The van der Waals surface area contributed by atoms with Crippen molar-refractivity contribution < 1.29 is 14.3 Å². The minimum absolute atomic E-state index is 0.0573. The van der Waals surface area contributed by atoms with Gasteiger partial charge in [0.2, 0.25) is 5.91 Å². The number of ether oxygens (including phenoxy) is 1. The molecule has 26 heavy (non-hydrogen) atoms.